The van der Waals surface area contributed by atoms with Crippen LogP contribution in [0.25, 0.3) is 0 Å². The Morgan fingerprint density at radius 2 is 1.94 bits per heavy atom. The van der Waals surface area contributed by atoms with Gasteiger partial charge in [-0.2, -0.15) is 0 Å². The van der Waals surface area contributed by atoms with Crippen LogP contribution in [-0.2, 0) is 9.59 Å². The van der Waals surface area contributed by atoms with Gasteiger partial charge in [0.05, 0.1) is 5.60 Å². The zero-order valence-corrected chi connectivity index (χ0v) is 9.98. The molecular weight excluding hydrogens is 222 g/mol. The van der Waals surface area contributed by atoms with Crippen molar-refractivity contribution in [2.75, 3.05) is 6.54 Å². The van der Waals surface area contributed by atoms with E-state index < -0.39 is 17.5 Å². The van der Waals surface area contributed by atoms with Gasteiger partial charge in [-0.05, 0) is 31.6 Å². The number of carboxylic acid groups (broad SMARTS) is 1. The topological polar surface area (TPSA) is 86.6 Å². The summed E-state index contributed by atoms with van der Waals surface area (Å²) in [6.07, 6.45) is 5.00. The zero-order chi connectivity index (χ0) is 12.9. The molecule has 0 atom stereocenters. The van der Waals surface area contributed by atoms with Crippen molar-refractivity contribution in [2.24, 2.45) is 5.92 Å². The van der Waals surface area contributed by atoms with Crippen molar-refractivity contribution < 1.29 is 19.8 Å². The van der Waals surface area contributed by atoms with Gasteiger partial charge >= 0.3 is 5.97 Å². The van der Waals surface area contributed by atoms with E-state index in [1.165, 1.54) is 0 Å². The van der Waals surface area contributed by atoms with Gasteiger partial charge in [0.25, 0.3) is 0 Å². The Bertz CT molecular complexity index is 316. The third-order valence-electron chi connectivity index (χ3n) is 3.17. The molecule has 0 radical (unpaired) electrons. The number of amides is 1. The number of hydrogen-bond donors (Lipinski definition) is 3. The fraction of sp³-hybridized carbons (Fsp3) is 0.667. The van der Waals surface area contributed by atoms with Crippen LogP contribution in [0.3, 0.4) is 0 Å². The molecule has 1 fully saturated rings. The van der Waals surface area contributed by atoms with Gasteiger partial charge in [-0.1, -0.05) is 6.92 Å². The van der Waals surface area contributed by atoms with Crippen molar-refractivity contribution in [1.29, 1.82) is 0 Å². The Kier molecular flexibility index (Phi) is 4.69. The number of aliphatic hydroxyl groups is 1. The summed E-state index contributed by atoms with van der Waals surface area (Å²) in [4.78, 5) is 21.4. The maximum atomic E-state index is 11.2. The second-order valence-corrected chi connectivity index (χ2v) is 4.80. The molecule has 0 aromatic heterocycles. The predicted molar refractivity (Wildman–Crippen MR) is 62.4 cm³/mol. The molecule has 0 unspecified atom stereocenters. The monoisotopic (exact) mass is 241 g/mol. The lowest BCUT2D eigenvalue weighted by molar-refractivity contribution is -0.131. The lowest BCUT2D eigenvalue weighted by atomic mass is 9.79. The number of aliphatic carboxylic acids is 1. The van der Waals surface area contributed by atoms with E-state index in [9.17, 15) is 14.7 Å². The minimum Gasteiger partial charge on any atom is -0.478 e. The molecule has 0 aromatic rings. The first kappa shape index (κ1) is 13.7. The minimum atomic E-state index is -1.16. The smallest absolute Gasteiger partial charge is 0.328 e. The molecule has 0 saturated heterocycles. The average Bonchev–Trinajstić information content (AvgIpc) is 2.28. The molecule has 0 heterocycles. The molecule has 0 spiro atoms. The highest BCUT2D eigenvalue weighted by Crippen LogP contribution is 2.31. The second kappa shape index (κ2) is 5.82. The summed E-state index contributed by atoms with van der Waals surface area (Å²) in [5, 5.41) is 21.0. The Hall–Kier alpha value is -1.36. The summed E-state index contributed by atoms with van der Waals surface area (Å²) < 4.78 is 0. The molecule has 17 heavy (non-hydrogen) atoms. The Morgan fingerprint density at radius 3 is 2.47 bits per heavy atom. The summed E-state index contributed by atoms with van der Waals surface area (Å²) in [5.74, 6) is -1.03. The molecule has 1 aliphatic rings. The first-order valence-corrected chi connectivity index (χ1v) is 5.82. The minimum absolute atomic E-state index is 0.183. The predicted octanol–water partition coefficient (Wildman–Crippen LogP) is 0.685. The lowest BCUT2D eigenvalue weighted by Crippen LogP contribution is -2.44. The third-order valence-corrected chi connectivity index (χ3v) is 3.17. The molecule has 3 N–H and O–H groups in total. The van der Waals surface area contributed by atoms with Gasteiger partial charge in [0.15, 0.2) is 0 Å². The Morgan fingerprint density at radius 1 is 1.35 bits per heavy atom. The first-order valence-electron chi connectivity index (χ1n) is 5.82. The molecule has 1 rings (SSSR count). The summed E-state index contributed by atoms with van der Waals surface area (Å²) in [5.41, 5.74) is -0.834. The molecule has 5 nitrogen and oxygen atoms in total. The van der Waals surface area contributed by atoms with E-state index in [-0.39, 0.29) is 6.54 Å². The van der Waals surface area contributed by atoms with E-state index in [0.717, 1.165) is 25.0 Å². The highest BCUT2D eigenvalue weighted by Gasteiger charge is 2.31. The first-order chi connectivity index (χ1) is 7.91. The average molecular weight is 241 g/mol. The quantitative estimate of drug-likeness (QED) is 0.632. The van der Waals surface area contributed by atoms with E-state index in [4.69, 9.17) is 5.11 Å². The van der Waals surface area contributed by atoms with Gasteiger partial charge in [-0.3, -0.25) is 4.79 Å². The molecule has 1 amide bonds. The Labute approximate surface area is 101 Å². The maximum Gasteiger partial charge on any atom is 0.328 e. The van der Waals surface area contributed by atoms with Crippen LogP contribution in [0, 0.1) is 5.92 Å². The van der Waals surface area contributed by atoms with Crippen LogP contribution in [0.15, 0.2) is 12.2 Å². The molecule has 96 valence electrons. The van der Waals surface area contributed by atoms with Gasteiger partial charge in [0, 0.05) is 18.7 Å². The number of carbonyl (C=O) groups is 2. The molecule has 5 heteroatoms. The largest absolute Gasteiger partial charge is 0.478 e. The number of rotatable bonds is 4. The van der Waals surface area contributed by atoms with E-state index in [1.807, 2.05) is 0 Å². The van der Waals surface area contributed by atoms with Crippen LogP contribution in [0.2, 0.25) is 0 Å². The van der Waals surface area contributed by atoms with Crippen molar-refractivity contribution in [3.63, 3.8) is 0 Å². The summed E-state index contributed by atoms with van der Waals surface area (Å²) >= 11 is 0. The fourth-order valence-corrected chi connectivity index (χ4v) is 1.93. The van der Waals surface area contributed by atoms with Crippen LogP contribution in [0.1, 0.15) is 32.6 Å². The van der Waals surface area contributed by atoms with Gasteiger partial charge in [-0.25, -0.2) is 4.79 Å². The third kappa shape index (κ3) is 4.99. The number of carbonyl (C=O) groups excluding carboxylic acids is 1. The maximum absolute atomic E-state index is 11.2. The summed E-state index contributed by atoms with van der Waals surface area (Å²) in [6, 6.07) is 0. The van der Waals surface area contributed by atoms with Crippen molar-refractivity contribution in [3.05, 3.63) is 12.2 Å². The molecular formula is C12H19NO4. The van der Waals surface area contributed by atoms with Crippen LogP contribution in [-0.4, -0.2) is 34.2 Å². The summed E-state index contributed by atoms with van der Waals surface area (Å²) in [7, 11) is 0. The van der Waals surface area contributed by atoms with Crippen LogP contribution >= 0.6 is 0 Å². The standard InChI is InChI=1S/C12H19NO4/c1-9-4-6-12(17,7-5-9)8-13-10(14)2-3-11(15)16/h2-3,9,17H,4-8H2,1H3,(H,13,14)(H,15,16). The van der Waals surface area contributed by atoms with Gasteiger partial charge in [0.2, 0.25) is 5.91 Å². The van der Waals surface area contributed by atoms with Gasteiger partial charge < -0.3 is 15.5 Å². The number of carboxylic acids is 1. The molecule has 1 aliphatic carbocycles. The Balaban J connectivity index is 2.34. The van der Waals surface area contributed by atoms with Gasteiger partial charge in [-0.15, -0.1) is 0 Å². The van der Waals surface area contributed by atoms with Crippen molar-refractivity contribution in [1.82, 2.24) is 5.32 Å². The van der Waals surface area contributed by atoms with Crippen LogP contribution in [0.4, 0.5) is 0 Å². The van der Waals surface area contributed by atoms with E-state index in [2.05, 4.69) is 12.2 Å². The van der Waals surface area contributed by atoms with Crippen molar-refractivity contribution in [2.45, 2.75) is 38.2 Å². The number of nitrogens with one attached hydrogen (secondary N) is 1. The van der Waals surface area contributed by atoms with Gasteiger partial charge in [0.1, 0.15) is 0 Å². The van der Waals surface area contributed by atoms with E-state index >= 15 is 0 Å². The second-order valence-electron chi connectivity index (χ2n) is 4.80. The number of hydrogen-bond acceptors (Lipinski definition) is 3. The molecule has 1 saturated carbocycles. The van der Waals surface area contributed by atoms with E-state index in [0.29, 0.717) is 18.8 Å². The normalized spacial score (nSPS) is 29.2. The SMILES string of the molecule is CC1CCC(O)(CNC(=O)C=CC(=O)O)CC1. The van der Waals surface area contributed by atoms with Crippen molar-refractivity contribution in [3.8, 4) is 0 Å². The van der Waals surface area contributed by atoms with Crippen molar-refractivity contribution >= 4 is 11.9 Å². The highest BCUT2D eigenvalue weighted by molar-refractivity contribution is 5.93. The molecule has 0 bridgehead atoms. The summed E-state index contributed by atoms with van der Waals surface area (Å²) in [6.45, 7) is 2.33. The lowest BCUT2D eigenvalue weighted by Gasteiger charge is -2.34. The molecule has 0 aromatic carbocycles. The highest BCUT2D eigenvalue weighted by atomic mass is 16.4. The zero-order valence-electron chi connectivity index (χ0n) is 9.98. The molecule has 0 aliphatic heterocycles. The van der Waals surface area contributed by atoms with Crippen LogP contribution < -0.4 is 5.32 Å². The fourth-order valence-electron chi connectivity index (χ4n) is 1.93. The van der Waals surface area contributed by atoms with Crippen LogP contribution in [0.5, 0.6) is 0 Å². The van der Waals surface area contributed by atoms with E-state index in [1.54, 1.807) is 0 Å².